The van der Waals surface area contributed by atoms with E-state index in [2.05, 4.69) is 10.3 Å². The van der Waals surface area contributed by atoms with E-state index in [1.165, 1.54) is 18.2 Å². The molecule has 0 unspecified atom stereocenters. The Morgan fingerprint density at radius 1 is 1.32 bits per heavy atom. The second-order valence-corrected chi connectivity index (χ2v) is 5.79. The largest absolute Gasteiger partial charge is 0.384 e. The lowest BCUT2D eigenvalue weighted by Gasteiger charge is -2.05. The molecule has 0 radical (unpaired) electrons. The van der Waals surface area contributed by atoms with Crippen LogP contribution in [0.3, 0.4) is 0 Å². The van der Waals surface area contributed by atoms with Crippen molar-refractivity contribution in [2.24, 2.45) is 7.05 Å². The Hall–Kier alpha value is -3.15. The molecule has 0 atom stereocenters. The second-order valence-electron chi connectivity index (χ2n) is 5.79. The van der Waals surface area contributed by atoms with Crippen LogP contribution >= 0.6 is 0 Å². The zero-order valence-electron chi connectivity index (χ0n) is 13.9. The van der Waals surface area contributed by atoms with Gasteiger partial charge in [0.15, 0.2) is 0 Å². The van der Waals surface area contributed by atoms with E-state index in [0.29, 0.717) is 18.8 Å². The lowest BCUT2D eigenvalue weighted by molar-refractivity contribution is -0.116. The number of nitrogens with one attached hydrogen (secondary N) is 1. The van der Waals surface area contributed by atoms with Gasteiger partial charge in [0.25, 0.3) is 0 Å². The van der Waals surface area contributed by atoms with Gasteiger partial charge in [0.1, 0.15) is 11.6 Å². The molecule has 0 saturated heterocycles. The maximum Gasteiger partial charge on any atom is 0.244 e. The van der Waals surface area contributed by atoms with Gasteiger partial charge in [0.05, 0.1) is 0 Å². The lowest BCUT2D eigenvalue weighted by atomic mass is 10.2. The third-order valence-electron chi connectivity index (χ3n) is 4.02. The number of anilines is 1. The third kappa shape index (κ3) is 4.03. The molecule has 0 saturated carbocycles. The van der Waals surface area contributed by atoms with Crippen LogP contribution in [0.15, 0.2) is 48.7 Å². The summed E-state index contributed by atoms with van der Waals surface area (Å²) in [6.07, 6.45) is 5.41. The van der Waals surface area contributed by atoms with Gasteiger partial charge in [-0.3, -0.25) is 4.79 Å². The van der Waals surface area contributed by atoms with Crippen molar-refractivity contribution in [3.63, 3.8) is 0 Å². The summed E-state index contributed by atoms with van der Waals surface area (Å²) in [6, 6.07) is 10.1. The standard InChI is InChI=1S/C19H19FN4O/c1-24-16(11-14-10-15(20)4-5-17(14)24)8-9-22-19(25)7-3-13-2-6-18(21)23-12-13/h2-7,10-12H,8-9H2,1H3,(H2,21,23)(H,22,25)/b7-3+. The Morgan fingerprint density at radius 2 is 2.16 bits per heavy atom. The summed E-state index contributed by atoms with van der Waals surface area (Å²) < 4.78 is 15.3. The maximum atomic E-state index is 13.3. The van der Waals surface area contributed by atoms with Gasteiger partial charge in [-0.2, -0.15) is 0 Å². The summed E-state index contributed by atoms with van der Waals surface area (Å²) in [6.45, 7) is 0.496. The van der Waals surface area contributed by atoms with E-state index >= 15 is 0 Å². The molecule has 0 aliphatic rings. The van der Waals surface area contributed by atoms with Crippen LogP contribution in [0.4, 0.5) is 10.2 Å². The van der Waals surface area contributed by atoms with E-state index in [4.69, 9.17) is 5.73 Å². The van der Waals surface area contributed by atoms with Crippen LogP contribution in [-0.2, 0) is 18.3 Å². The summed E-state index contributed by atoms with van der Waals surface area (Å²) in [5, 5.41) is 3.70. The van der Waals surface area contributed by atoms with Crippen molar-refractivity contribution in [1.82, 2.24) is 14.9 Å². The Kier molecular flexibility index (Phi) is 4.79. The van der Waals surface area contributed by atoms with Crippen molar-refractivity contribution in [3.05, 3.63) is 65.7 Å². The van der Waals surface area contributed by atoms with Crippen LogP contribution in [-0.4, -0.2) is 22.0 Å². The molecule has 3 N–H and O–H groups in total. The summed E-state index contributed by atoms with van der Waals surface area (Å²) in [5.41, 5.74) is 8.33. The fourth-order valence-electron chi connectivity index (χ4n) is 2.68. The number of hydrogen-bond donors (Lipinski definition) is 2. The van der Waals surface area contributed by atoms with Crippen LogP contribution in [0.2, 0.25) is 0 Å². The molecule has 0 spiro atoms. The van der Waals surface area contributed by atoms with E-state index in [1.807, 2.05) is 17.7 Å². The van der Waals surface area contributed by atoms with Crippen LogP contribution in [0.1, 0.15) is 11.3 Å². The van der Waals surface area contributed by atoms with Crippen molar-refractivity contribution in [2.45, 2.75) is 6.42 Å². The fraction of sp³-hybridized carbons (Fsp3) is 0.158. The molecule has 3 rings (SSSR count). The highest BCUT2D eigenvalue weighted by Gasteiger charge is 2.06. The van der Waals surface area contributed by atoms with E-state index in [1.54, 1.807) is 30.5 Å². The number of aryl methyl sites for hydroxylation is 1. The molecule has 1 aromatic carbocycles. The molecule has 2 aromatic heterocycles. The van der Waals surface area contributed by atoms with Crippen LogP contribution in [0.5, 0.6) is 0 Å². The first kappa shape index (κ1) is 16.7. The van der Waals surface area contributed by atoms with Gasteiger partial charge in [-0.1, -0.05) is 0 Å². The van der Waals surface area contributed by atoms with E-state index < -0.39 is 0 Å². The summed E-state index contributed by atoms with van der Waals surface area (Å²) in [4.78, 5) is 15.8. The highest BCUT2D eigenvalue weighted by Crippen LogP contribution is 2.20. The van der Waals surface area contributed by atoms with Gasteiger partial charge in [-0.25, -0.2) is 9.37 Å². The summed E-state index contributed by atoms with van der Waals surface area (Å²) >= 11 is 0. The molecule has 6 heteroatoms. The molecule has 0 fully saturated rings. The number of rotatable bonds is 5. The number of carbonyl (C=O) groups excluding carboxylic acids is 1. The molecule has 0 aliphatic heterocycles. The highest BCUT2D eigenvalue weighted by molar-refractivity contribution is 5.91. The quantitative estimate of drug-likeness (QED) is 0.703. The normalized spacial score (nSPS) is 11.3. The van der Waals surface area contributed by atoms with Crippen LogP contribution in [0, 0.1) is 5.82 Å². The monoisotopic (exact) mass is 338 g/mol. The summed E-state index contributed by atoms with van der Waals surface area (Å²) in [7, 11) is 1.94. The first-order valence-corrected chi connectivity index (χ1v) is 7.94. The molecule has 2 heterocycles. The number of nitrogens with two attached hydrogens (primary N) is 1. The number of nitrogens with zero attached hydrogens (tertiary/aromatic N) is 2. The number of fused-ring (bicyclic) bond motifs is 1. The third-order valence-corrected chi connectivity index (χ3v) is 4.02. The number of pyridine rings is 1. The Labute approximate surface area is 145 Å². The molecule has 0 bridgehead atoms. The van der Waals surface area contributed by atoms with Crippen LogP contribution < -0.4 is 11.1 Å². The molecular formula is C19H19FN4O. The number of nitrogen functional groups attached to an aromatic ring is 1. The minimum Gasteiger partial charge on any atom is -0.384 e. The van der Waals surface area contributed by atoms with Gasteiger partial charge in [-0.15, -0.1) is 0 Å². The van der Waals surface area contributed by atoms with Crippen molar-refractivity contribution < 1.29 is 9.18 Å². The van der Waals surface area contributed by atoms with Crippen LogP contribution in [0.25, 0.3) is 17.0 Å². The van der Waals surface area contributed by atoms with Gasteiger partial charge < -0.3 is 15.6 Å². The van der Waals surface area contributed by atoms with Gasteiger partial charge in [-0.05, 0) is 48.0 Å². The zero-order valence-corrected chi connectivity index (χ0v) is 13.9. The molecular weight excluding hydrogens is 319 g/mol. The smallest absolute Gasteiger partial charge is 0.244 e. The minimum absolute atomic E-state index is 0.179. The van der Waals surface area contributed by atoms with Gasteiger partial charge >= 0.3 is 0 Å². The Bertz CT molecular complexity index is 928. The highest BCUT2D eigenvalue weighted by atomic mass is 19.1. The van der Waals surface area contributed by atoms with Crippen molar-refractivity contribution >= 4 is 28.7 Å². The topological polar surface area (TPSA) is 72.9 Å². The molecule has 0 aliphatic carbocycles. The van der Waals surface area contributed by atoms with Crippen molar-refractivity contribution in [2.75, 3.05) is 12.3 Å². The number of carbonyl (C=O) groups is 1. The molecule has 1 amide bonds. The first-order chi connectivity index (χ1) is 12.0. The number of halogens is 1. The average molecular weight is 338 g/mol. The zero-order chi connectivity index (χ0) is 17.8. The summed E-state index contributed by atoms with van der Waals surface area (Å²) in [5.74, 6) is 0.0123. The van der Waals surface area contributed by atoms with Crippen molar-refractivity contribution in [1.29, 1.82) is 0 Å². The number of aromatic nitrogens is 2. The minimum atomic E-state index is -0.250. The Morgan fingerprint density at radius 3 is 2.92 bits per heavy atom. The molecule has 25 heavy (non-hydrogen) atoms. The fourth-order valence-corrected chi connectivity index (χ4v) is 2.68. The molecule has 5 nitrogen and oxygen atoms in total. The predicted molar refractivity (Wildman–Crippen MR) is 97.3 cm³/mol. The number of amides is 1. The average Bonchev–Trinajstić information content (AvgIpc) is 2.90. The first-order valence-electron chi connectivity index (χ1n) is 7.94. The van der Waals surface area contributed by atoms with E-state index in [9.17, 15) is 9.18 Å². The SMILES string of the molecule is Cn1c(CCNC(=O)/C=C/c2ccc(N)nc2)cc2cc(F)ccc21. The van der Waals surface area contributed by atoms with Gasteiger partial charge in [0, 0.05) is 48.9 Å². The molecule has 3 aromatic rings. The van der Waals surface area contributed by atoms with E-state index in [0.717, 1.165) is 22.2 Å². The van der Waals surface area contributed by atoms with Crippen molar-refractivity contribution in [3.8, 4) is 0 Å². The number of benzene rings is 1. The van der Waals surface area contributed by atoms with Gasteiger partial charge in [0.2, 0.25) is 5.91 Å². The number of hydrogen-bond acceptors (Lipinski definition) is 3. The molecule has 128 valence electrons. The lowest BCUT2D eigenvalue weighted by Crippen LogP contribution is -2.24. The second kappa shape index (κ2) is 7.17. The van der Waals surface area contributed by atoms with E-state index in [-0.39, 0.29) is 11.7 Å². The maximum absolute atomic E-state index is 13.3. The Balaban J connectivity index is 1.56. The predicted octanol–water partition coefficient (Wildman–Crippen LogP) is 2.67.